The summed E-state index contributed by atoms with van der Waals surface area (Å²) < 4.78 is 7.82. The fourth-order valence-corrected chi connectivity index (χ4v) is 3.86. The molecular weight excluding hydrogens is 386 g/mol. The average Bonchev–Trinajstić information content (AvgIpc) is 3.25. The normalized spacial score (nSPS) is 17.0. The number of β-amino-alcohol motifs (C(OH)–C–C–N with tert-alkyl or cyclic N) is 1. The number of carbonyl (C=O) groups excluding carboxylic acids is 1. The smallest absolute Gasteiger partial charge is 0.417 e. The first-order valence-electron chi connectivity index (χ1n) is 9.59. The van der Waals surface area contributed by atoms with Gasteiger partial charge in [0.05, 0.1) is 12.2 Å². The Labute approximate surface area is 175 Å². The number of carbonyl (C=O) groups is 1. The largest absolute Gasteiger partial charge is 0.446 e. The van der Waals surface area contributed by atoms with E-state index in [1.807, 2.05) is 30.3 Å². The predicted octanol–water partition coefficient (Wildman–Crippen LogP) is 2.77. The molecule has 1 unspecified atom stereocenters. The van der Waals surface area contributed by atoms with Gasteiger partial charge in [-0.05, 0) is 67.8 Å². The van der Waals surface area contributed by atoms with E-state index in [2.05, 4.69) is 27.8 Å². The molecule has 1 aromatic carbocycles. The van der Waals surface area contributed by atoms with Gasteiger partial charge in [-0.15, -0.1) is 0 Å². The lowest BCUT2D eigenvalue weighted by atomic mass is 10.1. The molecule has 3 rings (SSSR count). The summed E-state index contributed by atoms with van der Waals surface area (Å²) in [7, 11) is 0. The number of benzene rings is 1. The number of rotatable bonds is 6. The van der Waals surface area contributed by atoms with Gasteiger partial charge in [0.2, 0.25) is 0 Å². The molecule has 6 nitrogen and oxygen atoms in total. The number of hydrogen-bond donors (Lipinski definition) is 3. The Hall–Kier alpha value is -2.64. The van der Waals surface area contributed by atoms with Gasteiger partial charge in [-0.2, -0.15) is 0 Å². The van der Waals surface area contributed by atoms with Crippen molar-refractivity contribution < 1.29 is 14.6 Å². The number of aromatic amines is 1. The molecule has 0 radical (unpaired) electrons. The lowest BCUT2D eigenvalue weighted by Gasteiger charge is -2.22. The van der Waals surface area contributed by atoms with Gasteiger partial charge in [0.25, 0.3) is 0 Å². The zero-order chi connectivity index (χ0) is 21.0. The number of allylic oxidation sites excluding steroid dienone is 1. The van der Waals surface area contributed by atoms with Crippen LogP contribution in [-0.2, 0) is 4.74 Å². The zero-order valence-corrected chi connectivity index (χ0v) is 17.6. The minimum Gasteiger partial charge on any atom is -0.446 e. The van der Waals surface area contributed by atoms with Crippen LogP contribution in [0, 0.1) is 0 Å². The van der Waals surface area contributed by atoms with Crippen molar-refractivity contribution in [2.45, 2.75) is 37.4 Å². The van der Waals surface area contributed by atoms with Gasteiger partial charge in [0, 0.05) is 40.3 Å². The van der Waals surface area contributed by atoms with Crippen molar-refractivity contribution in [1.82, 2.24) is 9.71 Å². The molecule has 1 amide bonds. The van der Waals surface area contributed by atoms with Crippen LogP contribution in [0.4, 0.5) is 10.5 Å². The third-order valence-corrected chi connectivity index (χ3v) is 5.33. The third-order valence-electron chi connectivity index (χ3n) is 4.58. The maximum Gasteiger partial charge on any atom is 0.417 e. The maximum absolute atomic E-state index is 11.8. The number of H-pyrrole nitrogens is 1. The van der Waals surface area contributed by atoms with E-state index in [0.29, 0.717) is 6.54 Å². The van der Waals surface area contributed by atoms with Crippen molar-refractivity contribution >= 4 is 36.4 Å². The summed E-state index contributed by atoms with van der Waals surface area (Å²) in [5.74, 6) is 0. The van der Waals surface area contributed by atoms with Crippen LogP contribution in [0.1, 0.15) is 20.3 Å². The number of amides is 1. The van der Waals surface area contributed by atoms with Gasteiger partial charge in [-0.25, -0.2) is 4.79 Å². The number of aromatic nitrogens is 1. The minimum atomic E-state index is -0.471. The van der Waals surface area contributed by atoms with Crippen molar-refractivity contribution in [3.63, 3.8) is 0 Å². The fraction of sp³-hybridized carbons (Fsp3) is 0.318. The van der Waals surface area contributed by atoms with Gasteiger partial charge in [-0.1, -0.05) is 19.2 Å². The molecule has 3 N–H and O–H groups in total. The predicted molar refractivity (Wildman–Crippen MR) is 119 cm³/mol. The molecule has 1 aliphatic heterocycles. The van der Waals surface area contributed by atoms with Crippen LogP contribution < -0.4 is 20.2 Å². The number of aliphatic hydroxyl groups is 1. The molecular formula is C22H27N3O3S. The lowest BCUT2D eigenvalue weighted by molar-refractivity contribution is 0.122. The summed E-state index contributed by atoms with van der Waals surface area (Å²) in [6.45, 7) is 12.8. The number of nitrogens with one attached hydrogen (secondary N) is 2. The first-order chi connectivity index (χ1) is 13.9. The molecule has 1 aliphatic rings. The highest BCUT2D eigenvalue weighted by Crippen LogP contribution is 2.34. The molecule has 29 heavy (non-hydrogen) atoms. The summed E-state index contributed by atoms with van der Waals surface area (Å²) in [5.41, 5.74) is 2.94. The van der Waals surface area contributed by atoms with E-state index in [1.165, 1.54) is 11.9 Å². The van der Waals surface area contributed by atoms with Gasteiger partial charge in [-0.3, -0.25) is 4.72 Å². The van der Waals surface area contributed by atoms with Gasteiger partial charge in [0.15, 0.2) is 0 Å². The van der Waals surface area contributed by atoms with Gasteiger partial charge in [0.1, 0.15) is 0 Å². The lowest BCUT2D eigenvalue weighted by Crippen LogP contribution is -2.22. The Morgan fingerprint density at radius 2 is 2.24 bits per heavy atom. The Balaban J connectivity index is 1.94. The van der Waals surface area contributed by atoms with E-state index in [9.17, 15) is 9.90 Å². The highest BCUT2D eigenvalue weighted by molar-refractivity contribution is 7.98. The van der Waals surface area contributed by atoms with Crippen molar-refractivity contribution in [3.8, 4) is 11.3 Å². The fourth-order valence-electron chi connectivity index (χ4n) is 3.29. The zero-order valence-electron chi connectivity index (χ0n) is 16.8. The van der Waals surface area contributed by atoms with Gasteiger partial charge >= 0.3 is 6.09 Å². The van der Waals surface area contributed by atoms with E-state index in [0.717, 1.165) is 45.4 Å². The second-order valence-corrected chi connectivity index (χ2v) is 8.13. The highest BCUT2D eigenvalue weighted by atomic mass is 32.2. The van der Waals surface area contributed by atoms with E-state index in [-0.39, 0.29) is 12.2 Å². The second kappa shape index (κ2) is 9.24. The molecule has 0 aliphatic carbocycles. The maximum atomic E-state index is 11.8. The Morgan fingerprint density at radius 3 is 2.90 bits per heavy atom. The van der Waals surface area contributed by atoms with E-state index < -0.39 is 6.09 Å². The van der Waals surface area contributed by atoms with E-state index in [4.69, 9.17) is 4.74 Å². The number of hydrogen-bond acceptors (Lipinski definition) is 5. The molecule has 1 aromatic heterocycles. The number of anilines is 1. The Bertz CT molecular complexity index is 999. The van der Waals surface area contributed by atoms with Crippen LogP contribution >= 0.6 is 11.9 Å². The summed E-state index contributed by atoms with van der Waals surface area (Å²) in [4.78, 5) is 18.2. The Kier molecular flexibility index (Phi) is 6.71. The Morgan fingerprint density at radius 1 is 1.45 bits per heavy atom. The molecule has 2 aromatic rings. The molecule has 0 saturated carbocycles. The number of nitrogens with zero attached hydrogens (tertiary/aromatic N) is 1. The summed E-state index contributed by atoms with van der Waals surface area (Å²) >= 11 is 1.21. The molecule has 154 valence electrons. The van der Waals surface area contributed by atoms with Crippen molar-refractivity contribution in [2.24, 2.45) is 0 Å². The molecule has 0 spiro atoms. The molecule has 7 heteroatoms. The third kappa shape index (κ3) is 5.25. The number of aliphatic hydroxyl groups excluding tert-OH is 1. The first kappa shape index (κ1) is 21.1. The van der Waals surface area contributed by atoms with Gasteiger partial charge < -0.3 is 19.7 Å². The monoisotopic (exact) mass is 413 g/mol. The molecule has 1 atom stereocenters. The SMILES string of the molecule is C=C/C=c1/[nH]c(-c2cc(SNC(=O)OC(C)C)ccc2N2CCC(O)C2)cc1=C. The summed E-state index contributed by atoms with van der Waals surface area (Å²) in [5, 5.41) is 11.8. The minimum absolute atomic E-state index is 0.177. The van der Waals surface area contributed by atoms with Crippen molar-refractivity contribution in [2.75, 3.05) is 18.0 Å². The van der Waals surface area contributed by atoms with Crippen LogP contribution in [0.2, 0.25) is 0 Å². The van der Waals surface area contributed by atoms with Crippen LogP contribution in [0.15, 0.2) is 41.8 Å². The summed E-state index contributed by atoms with van der Waals surface area (Å²) in [6, 6.07) is 7.99. The topological polar surface area (TPSA) is 77.6 Å². The van der Waals surface area contributed by atoms with Crippen LogP contribution in [0.3, 0.4) is 0 Å². The second-order valence-electron chi connectivity index (χ2n) is 7.25. The molecule has 0 bridgehead atoms. The molecule has 1 fully saturated rings. The van der Waals surface area contributed by atoms with Crippen molar-refractivity contribution in [3.05, 3.63) is 47.5 Å². The highest BCUT2D eigenvalue weighted by Gasteiger charge is 2.23. The molecule has 1 saturated heterocycles. The van der Waals surface area contributed by atoms with Crippen LogP contribution in [-0.4, -0.2) is 41.5 Å². The average molecular weight is 414 g/mol. The molecule has 2 heterocycles. The quantitative estimate of drug-likeness (QED) is 0.635. The number of ether oxygens (including phenoxy) is 1. The van der Waals surface area contributed by atoms with Crippen molar-refractivity contribution in [1.29, 1.82) is 0 Å². The standard InChI is InChI=1S/C22H27N3O3S/c1-5-6-19-15(4)11-20(23-19)18-12-17(29-24-22(27)28-14(2)3)7-8-21(18)25-10-9-16(26)13-25/h5-8,11-12,14,16,23,26H,1,4,9-10,13H2,2-3H3,(H,24,27)/b19-6+. The van der Waals surface area contributed by atoms with Crippen LogP contribution in [0.25, 0.3) is 23.9 Å². The summed E-state index contributed by atoms with van der Waals surface area (Å²) in [6.07, 6.45) is 3.39. The van der Waals surface area contributed by atoms with Crippen LogP contribution in [0.5, 0.6) is 0 Å². The van der Waals surface area contributed by atoms with E-state index >= 15 is 0 Å². The van der Waals surface area contributed by atoms with E-state index in [1.54, 1.807) is 19.9 Å². The first-order valence-corrected chi connectivity index (χ1v) is 10.4.